The molecular formula is C33H27IrN3-6. The average molecular weight is 658 g/mol. The predicted molar refractivity (Wildman–Crippen MR) is 152 cm³/mol. The normalized spacial score (nSPS) is 25.1. The second-order valence-electron chi connectivity index (χ2n) is 7.85. The van der Waals surface area contributed by atoms with Crippen LogP contribution in [0.1, 0.15) is 12.8 Å². The molecule has 6 rings (SSSR count). The summed E-state index contributed by atoms with van der Waals surface area (Å²) in [6.07, 6.45) is 53.7. The summed E-state index contributed by atoms with van der Waals surface area (Å²) in [4.78, 5) is 0. The zero-order valence-electron chi connectivity index (χ0n) is 20.4. The molecule has 4 heteroatoms. The molecule has 0 atom stereocenters. The third-order valence-corrected chi connectivity index (χ3v) is 5.31. The summed E-state index contributed by atoms with van der Waals surface area (Å²) >= 11 is 0. The van der Waals surface area contributed by atoms with E-state index in [1.807, 2.05) is 116 Å². The Morgan fingerprint density at radius 2 is 1.03 bits per heavy atom. The Bertz CT molecular complexity index is 1010. The third kappa shape index (κ3) is 9.19. The van der Waals surface area contributed by atoms with Crippen molar-refractivity contribution in [1.29, 1.82) is 0 Å². The van der Waals surface area contributed by atoms with Crippen molar-refractivity contribution in [2.24, 2.45) is 0 Å². The summed E-state index contributed by atoms with van der Waals surface area (Å²) in [5, 5.41) is 12.7. The van der Waals surface area contributed by atoms with Crippen molar-refractivity contribution in [2.75, 3.05) is 0 Å². The van der Waals surface area contributed by atoms with Gasteiger partial charge in [-0.1, -0.05) is 36.5 Å². The molecule has 1 radical (unpaired) electrons. The first-order valence-electron chi connectivity index (χ1n) is 11.9. The summed E-state index contributed by atoms with van der Waals surface area (Å²) in [7, 11) is 0. The molecule has 0 amide bonds. The summed E-state index contributed by atoms with van der Waals surface area (Å²) in [6, 6.07) is 0. The second kappa shape index (κ2) is 15.9. The minimum atomic E-state index is 0. The van der Waals surface area contributed by atoms with Gasteiger partial charge in [-0.25, -0.2) is 17.1 Å². The smallest absolute Gasteiger partial charge is 0 e. The Balaban J connectivity index is 0.000000152. The van der Waals surface area contributed by atoms with Gasteiger partial charge in [0, 0.05) is 20.1 Å². The van der Waals surface area contributed by atoms with Gasteiger partial charge in [0.15, 0.2) is 0 Å². The molecule has 3 aliphatic carbocycles. The van der Waals surface area contributed by atoms with Crippen LogP contribution in [0, 0.1) is 18.6 Å². The summed E-state index contributed by atoms with van der Waals surface area (Å²) in [5.74, 6) is 0. The second-order valence-corrected chi connectivity index (χ2v) is 7.85. The van der Waals surface area contributed by atoms with Crippen LogP contribution in [0.3, 0.4) is 0 Å². The maximum absolute atomic E-state index is 4.25. The van der Waals surface area contributed by atoms with Crippen LogP contribution in [-0.2, 0) is 20.1 Å². The van der Waals surface area contributed by atoms with Gasteiger partial charge in [-0.05, 0) is 12.8 Å². The quantitative estimate of drug-likeness (QED) is 0.234. The van der Waals surface area contributed by atoms with Crippen molar-refractivity contribution in [2.45, 2.75) is 12.8 Å². The van der Waals surface area contributed by atoms with Crippen LogP contribution >= 0.6 is 0 Å². The van der Waals surface area contributed by atoms with Crippen molar-refractivity contribution < 1.29 is 20.1 Å². The minimum Gasteiger partial charge on any atom is -0.721 e. The van der Waals surface area contributed by atoms with Crippen LogP contribution in [0.4, 0.5) is 0 Å². The fraction of sp³-hybridized carbons (Fsp3) is 0.0606. The van der Waals surface area contributed by atoms with E-state index in [1.54, 1.807) is 0 Å². The molecule has 3 heterocycles. The van der Waals surface area contributed by atoms with Gasteiger partial charge >= 0.3 is 0 Å². The zero-order chi connectivity index (χ0) is 24.7. The van der Waals surface area contributed by atoms with E-state index in [1.165, 1.54) is 0 Å². The van der Waals surface area contributed by atoms with E-state index >= 15 is 0 Å². The molecule has 0 saturated carbocycles. The van der Waals surface area contributed by atoms with Gasteiger partial charge < -0.3 is 16.0 Å². The van der Waals surface area contributed by atoms with Gasteiger partial charge in [-0.3, -0.25) is 0 Å². The first kappa shape index (κ1) is 27.6. The van der Waals surface area contributed by atoms with E-state index in [2.05, 4.69) is 52.8 Å². The molecule has 3 nitrogen and oxygen atoms in total. The van der Waals surface area contributed by atoms with E-state index in [9.17, 15) is 0 Å². The molecule has 6 aliphatic rings. The number of nitrogens with zero attached hydrogens (tertiary/aromatic N) is 3. The van der Waals surface area contributed by atoms with Crippen molar-refractivity contribution in [3.63, 3.8) is 0 Å². The van der Waals surface area contributed by atoms with Crippen molar-refractivity contribution in [3.8, 4) is 0 Å². The van der Waals surface area contributed by atoms with Gasteiger partial charge in [0.1, 0.15) is 0 Å². The largest absolute Gasteiger partial charge is 0.721 e. The van der Waals surface area contributed by atoms with E-state index in [0.717, 1.165) is 46.7 Å². The SMILES string of the molecule is C1=C[CH-]C(=C2C=CC=C[N-]2)C=C1.[C-]1=CC=CCC1=C1C=CC=C[N-]1.[C-]1=CC=CCC1=C1C=CC=C[N-]1.[Ir]. The first-order valence-corrected chi connectivity index (χ1v) is 11.9. The molecule has 37 heavy (non-hydrogen) atoms. The van der Waals surface area contributed by atoms with E-state index in [4.69, 9.17) is 0 Å². The van der Waals surface area contributed by atoms with Gasteiger partial charge in [-0.15, -0.1) is 61.1 Å². The molecular weight excluding hydrogens is 631 g/mol. The Morgan fingerprint density at radius 1 is 0.541 bits per heavy atom. The number of allylic oxidation sites excluding steroid dienone is 24. The monoisotopic (exact) mass is 658 g/mol. The Hall–Kier alpha value is -3.98. The maximum Gasteiger partial charge on any atom is 0 e. The molecule has 0 saturated heterocycles. The molecule has 0 aromatic rings. The molecule has 0 fully saturated rings. The third-order valence-electron chi connectivity index (χ3n) is 5.31. The molecule has 0 spiro atoms. The molecule has 3 aliphatic heterocycles. The zero-order valence-corrected chi connectivity index (χ0v) is 22.8. The maximum atomic E-state index is 4.25. The minimum absolute atomic E-state index is 0. The topological polar surface area (TPSA) is 42.3 Å². The molecule has 189 valence electrons. The Labute approximate surface area is 234 Å². The van der Waals surface area contributed by atoms with Crippen LogP contribution in [0.15, 0.2) is 168 Å². The Kier molecular flexibility index (Phi) is 11.9. The molecule has 0 bridgehead atoms. The van der Waals surface area contributed by atoms with Crippen molar-refractivity contribution in [3.05, 3.63) is 202 Å². The van der Waals surface area contributed by atoms with Crippen molar-refractivity contribution >= 4 is 0 Å². The molecule has 0 aromatic carbocycles. The fourth-order valence-corrected chi connectivity index (χ4v) is 3.51. The number of hydrogen-bond donors (Lipinski definition) is 0. The van der Waals surface area contributed by atoms with Crippen LogP contribution in [0.25, 0.3) is 16.0 Å². The van der Waals surface area contributed by atoms with Gasteiger partial charge in [0.25, 0.3) is 0 Å². The summed E-state index contributed by atoms with van der Waals surface area (Å²) in [6.45, 7) is 0. The van der Waals surface area contributed by atoms with Crippen LogP contribution in [-0.4, -0.2) is 0 Å². The van der Waals surface area contributed by atoms with Crippen LogP contribution in [0.2, 0.25) is 0 Å². The van der Waals surface area contributed by atoms with E-state index < -0.39 is 0 Å². The van der Waals surface area contributed by atoms with Crippen molar-refractivity contribution in [1.82, 2.24) is 0 Å². The number of rotatable bonds is 0. The van der Waals surface area contributed by atoms with Crippen LogP contribution in [0.5, 0.6) is 0 Å². The Morgan fingerprint density at radius 3 is 1.41 bits per heavy atom. The van der Waals surface area contributed by atoms with E-state index in [0.29, 0.717) is 0 Å². The van der Waals surface area contributed by atoms with Gasteiger partial charge in [-0.2, -0.15) is 71.8 Å². The summed E-state index contributed by atoms with van der Waals surface area (Å²) < 4.78 is 0. The van der Waals surface area contributed by atoms with Gasteiger partial charge in [0.2, 0.25) is 0 Å². The fourth-order valence-electron chi connectivity index (χ4n) is 3.51. The van der Waals surface area contributed by atoms with Crippen LogP contribution < -0.4 is 0 Å². The standard InChI is InChI=1S/3C11H9N.Ir/c3*1-2-6-10(7-3-1)11-8-4-5-9-12-11;/h2*1-5,8-9H,6H2;1-9H;/q3*-2;. The number of hydrogen-bond acceptors (Lipinski definition) is 0. The van der Waals surface area contributed by atoms with E-state index in [-0.39, 0.29) is 20.1 Å². The molecule has 0 N–H and O–H groups in total. The average Bonchev–Trinajstić information content (AvgIpc) is 3.01. The summed E-state index contributed by atoms with van der Waals surface area (Å²) in [5.41, 5.74) is 6.57. The molecule has 0 aromatic heterocycles. The molecule has 0 unspecified atom stereocenters. The first-order chi connectivity index (χ1) is 17.9. The predicted octanol–water partition coefficient (Wildman–Crippen LogP) is 9.06. The van der Waals surface area contributed by atoms with Gasteiger partial charge in [0.05, 0.1) is 0 Å².